The highest BCUT2D eigenvalue weighted by Gasteiger charge is 2.20. The van der Waals surface area contributed by atoms with Crippen LogP contribution in [0.1, 0.15) is 20.7 Å². The van der Waals surface area contributed by atoms with E-state index < -0.39 is 33.0 Å². The van der Waals surface area contributed by atoms with E-state index in [1.807, 2.05) is 0 Å². The first-order chi connectivity index (χ1) is 12.2. The summed E-state index contributed by atoms with van der Waals surface area (Å²) in [6.45, 7) is 0. The van der Waals surface area contributed by atoms with Crippen LogP contribution >= 0.6 is 21.6 Å². The van der Waals surface area contributed by atoms with Gasteiger partial charge in [-0.15, -0.1) is 0 Å². The smallest absolute Gasteiger partial charge is 0.282 e. The number of hydrogen-bond donors (Lipinski definition) is 2. The second-order valence-electron chi connectivity index (χ2n) is 4.77. The summed E-state index contributed by atoms with van der Waals surface area (Å²) in [5.41, 5.74) is 9.03. The molecule has 2 aromatic carbocycles. The molecule has 0 bridgehead atoms. The van der Waals surface area contributed by atoms with Gasteiger partial charge in [-0.1, -0.05) is 21.6 Å². The third kappa shape index (κ3) is 4.29. The van der Waals surface area contributed by atoms with Gasteiger partial charge in [0.2, 0.25) is 0 Å². The van der Waals surface area contributed by atoms with E-state index in [0.717, 1.165) is 33.7 Å². The summed E-state index contributed by atoms with van der Waals surface area (Å²) in [5.74, 6) is -1.87. The lowest BCUT2D eigenvalue weighted by atomic mass is 10.2. The molecule has 2 rings (SSSR count). The van der Waals surface area contributed by atoms with E-state index in [9.17, 15) is 29.8 Å². The molecular weight excluding hydrogens is 384 g/mol. The van der Waals surface area contributed by atoms with Crippen molar-refractivity contribution >= 4 is 44.8 Å². The molecule has 0 aliphatic carbocycles. The van der Waals surface area contributed by atoms with Crippen LogP contribution in [0.15, 0.2) is 46.2 Å². The molecule has 2 amide bonds. The van der Waals surface area contributed by atoms with Crippen LogP contribution in [0.2, 0.25) is 0 Å². The Labute approximate surface area is 153 Å². The van der Waals surface area contributed by atoms with Crippen LogP contribution in [0.5, 0.6) is 0 Å². The van der Waals surface area contributed by atoms with Crippen molar-refractivity contribution in [3.05, 3.63) is 67.8 Å². The molecule has 0 spiro atoms. The number of nitro groups is 2. The predicted molar refractivity (Wildman–Crippen MR) is 94.9 cm³/mol. The Bertz CT molecular complexity index is 858. The average molecular weight is 394 g/mol. The van der Waals surface area contributed by atoms with Crippen LogP contribution in [-0.4, -0.2) is 21.7 Å². The minimum Gasteiger partial charge on any atom is -0.365 e. The van der Waals surface area contributed by atoms with E-state index in [0.29, 0.717) is 9.79 Å². The van der Waals surface area contributed by atoms with E-state index in [1.165, 1.54) is 24.3 Å². The topological polar surface area (TPSA) is 172 Å². The SMILES string of the molecule is NC(=O)c1cc(SSc2ccc([N+](=O)[O-])c(C(N)=O)c2)ccc1[N+](=O)[O-]. The Kier molecular flexibility index (Phi) is 5.79. The molecule has 0 heterocycles. The van der Waals surface area contributed by atoms with E-state index in [4.69, 9.17) is 11.5 Å². The molecule has 0 saturated heterocycles. The average Bonchev–Trinajstić information content (AvgIpc) is 2.59. The van der Waals surface area contributed by atoms with Crippen molar-refractivity contribution in [1.82, 2.24) is 0 Å². The summed E-state index contributed by atoms with van der Waals surface area (Å²) in [7, 11) is 2.25. The standard InChI is InChI=1S/C14H10N4O6S2/c15-13(19)9-5-7(1-3-11(9)17(21)22)25-26-8-2-4-12(18(23)24)10(6-8)14(16)20/h1-6H,(H2,15,19)(H2,16,20). The summed E-state index contributed by atoms with van der Waals surface area (Å²) in [5, 5.41) is 21.8. The van der Waals surface area contributed by atoms with Gasteiger partial charge in [0.15, 0.2) is 0 Å². The molecule has 4 N–H and O–H groups in total. The van der Waals surface area contributed by atoms with Crippen LogP contribution in [0.4, 0.5) is 11.4 Å². The Morgan fingerprint density at radius 2 is 1.12 bits per heavy atom. The van der Waals surface area contributed by atoms with E-state index in [2.05, 4.69) is 0 Å². The summed E-state index contributed by atoms with van der Waals surface area (Å²) >= 11 is 0. The molecule has 10 nitrogen and oxygen atoms in total. The van der Waals surface area contributed by atoms with Crippen LogP contribution in [0.25, 0.3) is 0 Å². The van der Waals surface area contributed by atoms with Crippen molar-refractivity contribution in [2.24, 2.45) is 11.5 Å². The highest BCUT2D eigenvalue weighted by atomic mass is 33.1. The molecule has 134 valence electrons. The number of carbonyl (C=O) groups excluding carboxylic acids is 2. The van der Waals surface area contributed by atoms with Crippen LogP contribution in [0.3, 0.4) is 0 Å². The Hall–Kier alpha value is -3.12. The summed E-state index contributed by atoms with van der Waals surface area (Å²) in [6.07, 6.45) is 0. The second kappa shape index (κ2) is 7.84. The maximum atomic E-state index is 11.4. The number of primary amides is 2. The molecule has 0 aromatic heterocycles. The molecule has 0 atom stereocenters. The van der Waals surface area contributed by atoms with E-state index >= 15 is 0 Å². The number of amides is 2. The lowest BCUT2D eigenvalue weighted by molar-refractivity contribution is -0.385. The number of rotatable bonds is 7. The van der Waals surface area contributed by atoms with Gasteiger partial charge >= 0.3 is 0 Å². The van der Waals surface area contributed by atoms with Gasteiger partial charge < -0.3 is 11.5 Å². The maximum Gasteiger partial charge on any atom is 0.282 e. The lowest BCUT2D eigenvalue weighted by Gasteiger charge is -2.05. The number of benzene rings is 2. The van der Waals surface area contributed by atoms with Crippen molar-refractivity contribution in [2.45, 2.75) is 9.79 Å². The second-order valence-corrected chi connectivity index (χ2v) is 7.04. The first kappa shape index (κ1) is 19.2. The molecule has 12 heteroatoms. The normalized spacial score (nSPS) is 10.3. The molecular formula is C14H10N4O6S2. The quantitative estimate of drug-likeness (QED) is 0.409. The summed E-state index contributed by atoms with van der Waals surface area (Å²) in [6, 6.07) is 7.74. The first-order valence-corrected chi connectivity index (χ1v) is 8.86. The monoisotopic (exact) mass is 394 g/mol. The van der Waals surface area contributed by atoms with Crippen molar-refractivity contribution in [3.8, 4) is 0 Å². The maximum absolute atomic E-state index is 11.4. The fourth-order valence-electron chi connectivity index (χ4n) is 1.94. The van der Waals surface area contributed by atoms with Crippen molar-refractivity contribution in [3.63, 3.8) is 0 Å². The third-order valence-corrected chi connectivity index (χ3v) is 5.48. The highest BCUT2D eigenvalue weighted by Crippen LogP contribution is 2.40. The zero-order valence-corrected chi connectivity index (χ0v) is 14.4. The summed E-state index contributed by atoms with van der Waals surface area (Å²) in [4.78, 5) is 44.1. The van der Waals surface area contributed by atoms with Crippen molar-refractivity contribution in [1.29, 1.82) is 0 Å². The molecule has 2 aromatic rings. The van der Waals surface area contributed by atoms with Crippen LogP contribution < -0.4 is 11.5 Å². The fraction of sp³-hybridized carbons (Fsp3) is 0. The van der Waals surface area contributed by atoms with Crippen molar-refractivity contribution < 1.29 is 19.4 Å². The molecule has 0 aliphatic heterocycles. The number of nitro benzene ring substituents is 2. The van der Waals surface area contributed by atoms with E-state index in [1.54, 1.807) is 0 Å². The Morgan fingerprint density at radius 3 is 1.38 bits per heavy atom. The summed E-state index contributed by atoms with van der Waals surface area (Å²) < 4.78 is 0. The fourth-order valence-corrected chi connectivity index (χ4v) is 3.91. The van der Waals surface area contributed by atoms with Gasteiger partial charge in [-0.05, 0) is 24.3 Å². The first-order valence-electron chi connectivity index (χ1n) is 6.71. The van der Waals surface area contributed by atoms with Gasteiger partial charge in [0.1, 0.15) is 11.1 Å². The lowest BCUT2D eigenvalue weighted by Crippen LogP contribution is -2.13. The number of nitrogens with two attached hydrogens (primary N) is 2. The van der Waals surface area contributed by atoms with Gasteiger partial charge in [0.25, 0.3) is 23.2 Å². The molecule has 0 radical (unpaired) electrons. The number of hydrogen-bond acceptors (Lipinski definition) is 8. The van der Waals surface area contributed by atoms with Crippen molar-refractivity contribution in [2.75, 3.05) is 0 Å². The zero-order valence-electron chi connectivity index (χ0n) is 12.8. The van der Waals surface area contributed by atoms with E-state index in [-0.39, 0.29) is 11.1 Å². The van der Waals surface area contributed by atoms with Gasteiger partial charge in [0, 0.05) is 21.9 Å². The largest absolute Gasteiger partial charge is 0.365 e. The minimum atomic E-state index is -0.935. The Balaban J connectivity index is 2.26. The van der Waals surface area contributed by atoms with Gasteiger partial charge in [-0.3, -0.25) is 29.8 Å². The Morgan fingerprint density at radius 1 is 0.769 bits per heavy atom. The minimum absolute atomic E-state index is 0.234. The molecule has 0 fully saturated rings. The highest BCUT2D eigenvalue weighted by molar-refractivity contribution is 8.76. The number of nitrogens with zero attached hydrogens (tertiary/aromatic N) is 2. The zero-order chi connectivity index (χ0) is 19.4. The molecule has 0 unspecified atom stereocenters. The predicted octanol–water partition coefficient (Wildman–Crippen LogP) is 2.50. The number of carbonyl (C=O) groups is 2. The van der Waals surface area contributed by atoms with Crippen LogP contribution in [0, 0.1) is 20.2 Å². The van der Waals surface area contributed by atoms with Gasteiger partial charge in [-0.25, -0.2) is 0 Å². The van der Waals surface area contributed by atoms with Gasteiger partial charge in [0.05, 0.1) is 9.85 Å². The van der Waals surface area contributed by atoms with Crippen LogP contribution in [-0.2, 0) is 0 Å². The van der Waals surface area contributed by atoms with Gasteiger partial charge in [-0.2, -0.15) is 0 Å². The molecule has 26 heavy (non-hydrogen) atoms. The molecule has 0 saturated carbocycles. The molecule has 0 aliphatic rings. The third-order valence-electron chi connectivity index (χ3n) is 3.09.